The zero-order chi connectivity index (χ0) is 21.8. The van der Waals surface area contributed by atoms with Gasteiger partial charge < -0.3 is 19.8 Å². The first-order valence-electron chi connectivity index (χ1n) is 9.96. The number of phenols is 1. The molecule has 6 nitrogen and oxygen atoms in total. The smallest absolute Gasteiger partial charge is 0.337 e. The zero-order valence-electron chi connectivity index (χ0n) is 17.0. The van der Waals surface area contributed by atoms with Crippen molar-refractivity contribution < 1.29 is 19.7 Å². The van der Waals surface area contributed by atoms with E-state index in [0.717, 1.165) is 16.8 Å². The van der Waals surface area contributed by atoms with Crippen molar-refractivity contribution in [2.45, 2.75) is 13.5 Å². The second kappa shape index (κ2) is 8.75. The summed E-state index contributed by atoms with van der Waals surface area (Å²) in [6.45, 7) is 2.74. The summed E-state index contributed by atoms with van der Waals surface area (Å²) in [6.07, 6.45) is 1.63. The average Bonchev–Trinajstić information content (AvgIpc) is 2.80. The van der Waals surface area contributed by atoms with Crippen molar-refractivity contribution >= 4 is 28.2 Å². The Morgan fingerprint density at radius 1 is 1.00 bits per heavy atom. The number of carbonyl (C=O) groups is 1. The molecule has 6 heteroatoms. The molecule has 0 aliphatic carbocycles. The predicted molar refractivity (Wildman–Crippen MR) is 120 cm³/mol. The molecular weight excluding hydrogens is 392 g/mol. The fraction of sp³-hybridized carbons (Fsp3) is 0.120. The van der Waals surface area contributed by atoms with Crippen LogP contribution < -0.4 is 9.64 Å². The number of pyridine rings is 1. The van der Waals surface area contributed by atoms with Gasteiger partial charge in [0.2, 0.25) is 0 Å². The van der Waals surface area contributed by atoms with Gasteiger partial charge in [0.1, 0.15) is 17.0 Å². The van der Waals surface area contributed by atoms with E-state index in [1.807, 2.05) is 60.4 Å². The molecule has 0 radical (unpaired) electrons. The molecule has 0 fully saturated rings. The van der Waals surface area contributed by atoms with Crippen LogP contribution in [-0.2, 0) is 6.54 Å². The standard InChI is InChI=1S/C25H22N2O4/c1-2-31-20-13-11-19(12-14-20)27(22-8-4-3-7-21(22)25(29)30)16-18-10-9-17-6-5-15-26-23(17)24(18)28/h3-15,28H,2,16H2,1H3,(H,29,30). The van der Waals surface area contributed by atoms with Crippen LogP contribution in [-0.4, -0.2) is 27.8 Å². The van der Waals surface area contributed by atoms with Gasteiger partial charge in [-0.2, -0.15) is 0 Å². The van der Waals surface area contributed by atoms with E-state index < -0.39 is 5.97 Å². The Kier molecular flexibility index (Phi) is 5.71. The van der Waals surface area contributed by atoms with Gasteiger partial charge >= 0.3 is 5.97 Å². The van der Waals surface area contributed by atoms with Gasteiger partial charge in [-0.1, -0.05) is 30.3 Å². The lowest BCUT2D eigenvalue weighted by atomic mass is 10.1. The highest BCUT2D eigenvalue weighted by molar-refractivity contribution is 5.95. The fourth-order valence-corrected chi connectivity index (χ4v) is 3.56. The first-order chi connectivity index (χ1) is 15.1. The number of carboxylic acid groups (broad SMARTS) is 1. The quantitative estimate of drug-likeness (QED) is 0.423. The molecule has 0 saturated carbocycles. The zero-order valence-corrected chi connectivity index (χ0v) is 17.0. The Hall–Kier alpha value is -4.06. The van der Waals surface area contributed by atoms with Crippen molar-refractivity contribution in [3.8, 4) is 11.5 Å². The molecule has 0 amide bonds. The van der Waals surface area contributed by atoms with Crippen LogP contribution in [0.4, 0.5) is 11.4 Å². The largest absolute Gasteiger partial charge is 0.505 e. The van der Waals surface area contributed by atoms with Crippen molar-refractivity contribution in [3.63, 3.8) is 0 Å². The van der Waals surface area contributed by atoms with Gasteiger partial charge in [-0.05, 0) is 49.4 Å². The number of rotatable bonds is 7. The molecule has 4 rings (SSSR count). The maximum atomic E-state index is 11.9. The van der Waals surface area contributed by atoms with Crippen LogP contribution in [0.15, 0.2) is 79.0 Å². The molecule has 0 aliphatic heterocycles. The molecule has 0 spiro atoms. The highest BCUT2D eigenvalue weighted by Gasteiger charge is 2.20. The van der Waals surface area contributed by atoms with Crippen molar-refractivity contribution in [1.82, 2.24) is 4.98 Å². The van der Waals surface area contributed by atoms with Crippen molar-refractivity contribution in [2.24, 2.45) is 0 Å². The van der Waals surface area contributed by atoms with Crippen molar-refractivity contribution in [3.05, 3.63) is 90.1 Å². The third-order valence-corrected chi connectivity index (χ3v) is 5.04. The summed E-state index contributed by atoms with van der Waals surface area (Å²) in [5.74, 6) is -0.201. The minimum Gasteiger partial charge on any atom is -0.505 e. The summed E-state index contributed by atoms with van der Waals surface area (Å²) in [6, 6.07) is 21.7. The third kappa shape index (κ3) is 4.14. The lowest BCUT2D eigenvalue weighted by molar-refractivity contribution is 0.0697. The normalized spacial score (nSPS) is 10.7. The number of carboxylic acids is 1. The van der Waals surface area contributed by atoms with Gasteiger partial charge in [-0.3, -0.25) is 4.98 Å². The molecule has 0 unspecified atom stereocenters. The van der Waals surface area contributed by atoms with Crippen LogP contribution in [0.2, 0.25) is 0 Å². The van der Waals surface area contributed by atoms with Gasteiger partial charge in [-0.25, -0.2) is 4.79 Å². The van der Waals surface area contributed by atoms with Crippen LogP contribution in [0.25, 0.3) is 10.9 Å². The highest BCUT2D eigenvalue weighted by atomic mass is 16.5. The van der Waals surface area contributed by atoms with E-state index >= 15 is 0 Å². The molecule has 3 aromatic carbocycles. The number of fused-ring (bicyclic) bond motifs is 1. The summed E-state index contributed by atoms with van der Waals surface area (Å²) in [5, 5.41) is 21.4. The maximum absolute atomic E-state index is 11.9. The number of benzene rings is 3. The highest BCUT2D eigenvalue weighted by Crippen LogP contribution is 2.35. The van der Waals surface area contributed by atoms with Gasteiger partial charge in [0.05, 0.1) is 24.4 Å². The van der Waals surface area contributed by atoms with Gasteiger partial charge in [0.15, 0.2) is 0 Å². The van der Waals surface area contributed by atoms with Crippen LogP contribution in [0.1, 0.15) is 22.8 Å². The number of ether oxygens (including phenoxy) is 1. The van der Waals surface area contributed by atoms with E-state index in [2.05, 4.69) is 4.98 Å². The lowest BCUT2D eigenvalue weighted by Gasteiger charge is -2.27. The Morgan fingerprint density at radius 3 is 2.52 bits per heavy atom. The van der Waals surface area contributed by atoms with Crippen LogP contribution >= 0.6 is 0 Å². The summed E-state index contributed by atoms with van der Waals surface area (Å²) >= 11 is 0. The molecule has 2 N–H and O–H groups in total. The Labute approximate surface area is 180 Å². The summed E-state index contributed by atoms with van der Waals surface area (Å²) in [4.78, 5) is 18.0. The second-order valence-corrected chi connectivity index (χ2v) is 6.98. The van der Waals surface area contributed by atoms with Crippen LogP contribution in [0.3, 0.4) is 0 Å². The molecule has 1 heterocycles. The van der Waals surface area contributed by atoms with E-state index in [-0.39, 0.29) is 17.9 Å². The summed E-state index contributed by atoms with van der Waals surface area (Å²) in [5.41, 5.74) is 2.63. The Bertz CT molecular complexity index is 1220. The minimum atomic E-state index is -1.02. The number of aromatic carboxylic acids is 1. The second-order valence-electron chi connectivity index (χ2n) is 6.98. The monoisotopic (exact) mass is 414 g/mol. The third-order valence-electron chi connectivity index (χ3n) is 5.04. The lowest BCUT2D eigenvalue weighted by Crippen LogP contribution is -2.19. The molecule has 31 heavy (non-hydrogen) atoms. The molecule has 4 aromatic rings. The predicted octanol–water partition coefficient (Wildman–Crippen LogP) is 5.38. The minimum absolute atomic E-state index is 0.0850. The molecule has 1 aromatic heterocycles. The molecule has 0 saturated heterocycles. The molecular formula is C25H22N2O4. The number of para-hydroxylation sites is 1. The van der Waals surface area contributed by atoms with E-state index in [0.29, 0.717) is 23.4 Å². The molecule has 0 aliphatic rings. The Morgan fingerprint density at radius 2 is 1.77 bits per heavy atom. The number of phenolic OH excluding ortho intramolecular Hbond substituents is 1. The van der Waals surface area contributed by atoms with Gasteiger partial charge in [-0.15, -0.1) is 0 Å². The van der Waals surface area contributed by atoms with E-state index in [4.69, 9.17) is 4.74 Å². The number of hydrogen-bond donors (Lipinski definition) is 2. The number of hydrogen-bond acceptors (Lipinski definition) is 5. The number of anilines is 2. The first-order valence-corrected chi connectivity index (χ1v) is 9.96. The van der Waals surface area contributed by atoms with Crippen LogP contribution in [0, 0.1) is 0 Å². The Balaban J connectivity index is 1.81. The topological polar surface area (TPSA) is 82.9 Å². The fourth-order valence-electron chi connectivity index (χ4n) is 3.56. The number of nitrogens with zero attached hydrogens (tertiary/aromatic N) is 2. The van der Waals surface area contributed by atoms with Gasteiger partial charge in [0.25, 0.3) is 0 Å². The molecule has 0 bridgehead atoms. The average molecular weight is 414 g/mol. The van der Waals surface area contributed by atoms with Crippen molar-refractivity contribution in [1.29, 1.82) is 0 Å². The van der Waals surface area contributed by atoms with E-state index in [9.17, 15) is 15.0 Å². The summed E-state index contributed by atoms with van der Waals surface area (Å²) in [7, 11) is 0. The summed E-state index contributed by atoms with van der Waals surface area (Å²) < 4.78 is 5.53. The molecule has 0 atom stereocenters. The first kappa shape index (κ1) is 20.2. The number of aromatic nitrogens is 1. The van der Waals surface area contributed by atoms with Crippen LogP contribution in [0.5, 0.6) is 11.5 Å². The van der Waals surface area contributed by atoms with Gasteiger partial charge in [0, 0.05) is 22.8 Å². The van der Waals surface area contributed by atoms with E-state index in [1.165, 1.54) is 0 Å². The van der Waals surface area contributed by atoms with Crippen molar-refractivity contribution in [2.75, 3.05) is 11.5 Å². The SMILES string of the molecule is CCOc1ccc(N(Cc2ccc3cccnc3c2O)c2ccccc2C(=O)O)cc1. The number of aromatic hydroxyl groups is 1. The molecule has 156 valence electrons. The maximum Gasteiger partial charge on any atom is 0.337 e. The van der Waals surface area contributed by atoms with E-state index in [1.54, 1.807) is 30.5 Å².